The minimum Gasteiger partial charge on any atom is -0.311 e. The molecule has 0 radical (unpaired) electrons. The van der Waals surface area contributed by atoms with Crippen LogP contribution < -0.4 is 5.32 Å². The van der Waals surface area contributed by atoms with Crippen LogP contribution in [0.15, 0.2) is 12.7 Å². The average molecular weight is 220 g/mol. The van der Waals surface area contributed by atoms with Crippen LogP contribution in [0.2, 0.25) is 0 Å². The van der Waals surface area contributed by atoms with E-state index in [4.69, 9.17) is 0 Å². The molecule has 0 unspecified atom stereocenters. The fourth-order valence-electron chi connectivity index (χ4n) is 2.46. The fourth-order valence-corrected chi connectivity index (χ4v) is 2.46. The van der Waals surface area contributed by atoms with Gasteiger partial charge in [-0.2, -0.15) is 0 Å². The van der Waals surface area contributed by atoms with Gasteiger partial charge in [0.05, 0.1) is 6.54 Å². The first-order valence-corrected chi connectivity index (χ1v) is 6.05. The highest BCUT2D eigenvalue weighted by atomic mass is 15.3. The third-order valence-electron chi connectivity index (χ3n) is 3.20. The summed E-state index contributed by atoms with van der Waals surface area (Å²) in [7, 11) is 0. The van der Waals surface area contributed by atoms with Crippen LogP contribution in [0.3, 0.4) is 0 Å². The lowest BCUT2D eigenvalue weighted by atomic mass is 10.2. The van der Waals surface area contributed by atoms with Crippen molar-refractivity contribution in [1.29, 1.82) is 0 Å². The minimum atomic E-state index is 0.621. The van der Waals surface area contributed by atoms with Crippen molar-refractivity contribution >= 4 is 0 Å². The predicted octanol–water partition coefficient (Wildman–Crippen LogP) is 1.98. The first-order valence-electron chi connectivity index (χ1n) is 6.05. The van der Waals surface area contributed by atoms with Crippen LogP contribution in [-0.2, 0) is 6.54 Å². The summed E-state index contributed by atoms with van der Waals surface area (Å²) in [5.74, 6) is 2.11. The Morgan fingerprint density at radius 3 is 2.88 bits per heavy atom. The van der Waals surface area contributed by atoms with Gasteiger partial charge in [0, 0.05) is 12.6 Å². The maximum Gasteiger partial charge on any atom is 0.147 e. The topological polar surface area (TPSA) is 42.7 Å². The molecule has 1 fully saturated rings. The SMILES string of the molecule is C=CCNCc1nnc(C)n1C1CCCC1. The van der Waals surface area contributed by atoms with Gasteiger partial charge >= 0.3 is 0 Å². The zero-order valence-corrected chi connectivity index (χ0v) is 9.95. The van der Waals surface area contributed by atoms with Crippen LogP contribution in [0.4, 0.5) is 0 Å². The van der Waals surface area contributed by atoms with Crippen LogP contribution in [-0.4, -0.2) is 21.3 Å². The third-order valence-corrected chi connectivity index (χ3v) is 3.20. The van der Waals surface area contributed by atoms with Gasteiger partial charge in [-0.15, -0.1) is 16.8 Å². The molecule has 88 valence electrons. The van der Waals surface area contributed by atoms with Crippen molar-refractivity contribution in [2.45, 2.75) is 45.2 Å². The second-order valence-corrected chi connectivity index (χ2v) is 4.39. The Bertz CT molecular complexity index is 350. The Balaban J connectivity index is 2.08. The van der Waals surface area contributed by atoms with Crippen LogP contribution in [0.1, 0.15) is 43.4 Å². The predicted molar refractivity (Wildman–Crippen MR) is 64.2 cm³/mol. The molecule has 1 aromatic heterocycles. The van der Waals surface area contributed by atoms with Gasteiger partial charge in [-0.1, -0.05) is 18.9 Å². The second kappa shape index (κ2) is 5.25. The van der Waals surface area contributed by atoms with Gasteiger partial charge in [0.2, 0.25) is 0 Å². The van der Waals surface area contributed by atoms with E-state index in [1.54, 1.807) is 0 Å². The summed E-state index contributed by atoms with van der Waals surface area (Å²) in [6, 6.07) is 0.621. The Kier molecular flexibility index (Phi) is 3.72. The van der Waals surface area contributed by atoms with Crippen molar-refractivity contribution in [3.05, 3.63) is 24.3 Å². The van der Waals surface area contributed by atoms with Crippen molar-refractivity contribution in [2.24, 2.45) is 0 Å². The third kappa shape index (κ3) is 2.32. The van der Waals surface area contributed by atoms with Crippen LogP contribution in [0.25, 0.3) is 0 Å². The smallest absolute Gasteiger partial charge is 0.147 e. The summed E-state index contributed by atoms with van der Waals surface area (Å²) in [6.45, 7) is 7.33. The highest BCUT2D eigenvalue weighted by Gasteiger charge is 2.21. The van der Waals surface area contributed by atoms with E-state index < -0.39 is 0 Å². The molecule has 1 aromatic rings. The number of rotatable bonds is 5. The lowest BCUT2D eigenvalue weighted by Crippen LogP contribution is -2.19. The van der Waals surface area contributed by atoms with Gasteiger partial charge in [-0.25, -0.2) is 0 Å². The van der Waals surface area contributed by atoms with Gasteiger partial charge < -0.3 is 9.88 Å². The molecule has 0 bridgehead atoms. The summed E-state index contributed by atoms with van der Waals surface area (Å²) >= 11 is 0. The van der Waals surface area contributed by atoms with E-state index in [1.165, 1.54) is 25.7 Å². The first kappa shape index (κ1) is 11.3. The molecule has 4 heteroatoms. The number of aromatic nitrogens is 3. The Morgan fingerprint density at radius 1 is 1.44 bits per heavy atom. The van der Waals surface area contributed by atoms with E-state index in [2.05, 4.69) is 26.7 Å². The van der Waals surface area contributed by atoms with E-state index in [1.807, 2.05) is 13.0 Å². The Morgan fingerprint density at radius 2 is 2.19 bits per heavy atom. The normalized spacial score (nSPS) is 16.8. The van der Waals surface area contributed by atoms with E-state index in [-0.39, 0.29) is 0 Å². The van der Waals surface area contributed by atoms with Crippen molar-refractivity contribution in [2.75, 3.05) is 6.54 Å². The number of nitrogens with zero attached hydrogens (tertiary/aromatic N) is 3. The zero-order valence-electron chi connectivity index (χ0n) is 9.95. The molecule has 1 aliphatic carbocycles. The molecule has 1 N–H and O–H groups in total. The number of hydrogen-bond donors (Lipinski definition) is 1. The molecular weight excluding hydrogens is 200 g/mol. The highest BCUT2D eigenvalue weighted by Crippen LogP contribution is 2.30. The Labute approximate surface area is 96.8 Å². The summed E-state index contributed by atoms with van der Waals surface area (Å²) in [4.78, 5) is 0. The molecule has 0 aromatic carbocycles. The van der Waals surface area contributed by atoms with Crippen molar-refractivity contribution in [3.8, 4) is 0 Å². The first-order chi connectivity index (χ1) is 7.83. The van der Waals surface area contributed by atoms with Gasteiger partial charge in [0.15, 0.2) is 0 Å². The van der Waals surface area contributed by atoms with Crippen LogP contribution in [0, 0.1) is 6.92 Å². The zero-order chi connectivity index (χ0) is 11.4. The van der Waals surface area contributed by atoms with E-state index in [9.17, 15) is 0 Å². The molecule has 1 heterocycles. The molecule has 16 heavy (non-hydrogen) atoms. The van der Waals surface area contributed by atoms with Gasteiger partial charge in [-0.05, 0) is 19.8 Å². The number of hydrogen-bond acceptors (Lipinski definition) is 3. The van der Waals surface area contributed by atoms with E-state index in [0.29, 0.717) is 6.04 Å². The summed E-state index contributed by atoms with van der Waals surface area (Å²) < 4.78 is 2.31. The van der Waals surface area contributed by atoms with Crippen molar-refractivity contribution < 1.29 is 0 Å². The van der Waals surface area contributed by atoms with Crippen LogP contribution in [0.5, 0.6) is 0 Å². The second-order valence-electron chi connectivity index (χ2n) is 4.39. The lowest BCUT2D eigenvalue weighted by Gasteiger charge is -2.15. The minimum absolute atomic E-state index is 0.621. The van der Waals surface area contributed by atoms with Gasteiger partial charge in [0.1, 0.15) is 11.6 Å². The maximum atomic E-state index is 4.25. The molecule has 1 saturated carbocycles. The van der Waals surface area contributed by atoms with E-state index >= 15 is 0 Å². The molecule has 4 nitrogen and oxygen atoms in total. The molecule has 0 atom stereocenters. The average Bonchev–Trinajstić information content (AvgIpc) is 2.88. The van der Waals surface area contributed by atoms with Crippen molar-refractivity contribution in [3.63, 3.8) is 0 Å². The summed E-state index contributed by atoms with van der Waals surface area (Å²) in [5.41, 5.74) is 0. The lowest BCUT2D eigenvalue weighted by molar-refractivity contribution is 0.478. The summed E-state index contributed by atoms with van der Waals surface area (Å²) in [6.07, 6.45) is 7.08. The molecule has 0 aliphatic heterocycles. The highest BCUT2D eigenvalue weighted by molar-refractivity contribution is 4.98. The number of aryl methyl sites for hydroxylation is 1. The van der Waals surface area contributed by atoms with Gasteiger partial charge in [-0.3, -0.25) is 0 Å². The monoisotopic (exact) mass is 220 g/mol. The molecule has 1 aliphatic rings. The van der Waals surface area contributed by atoms with Gasteiger partial charge in [0.25, 0.3) is 0 Å². The molecular formula is C12H20N4. The largest absolute Gasteiger partial charge is 0.311 e. The van der Waals surface area contributed by atoms with Crippen LogP contribution >= 0.6 is 0 Å². The Hall–Kier alpha value is -1.16. The quantitative estimate of drug-likeness (QED) is 0.609. The maximum absolute atomic E-state index is 4.25. The molecule has 0 amide bonds. The number of nitrogens with one attached hydrogen (secondary N) is 1. The molecule has 2 rings (SSSR count). The standard InChI is InChI=1S/C12H20N4/c1-3-8-13-9-12-15-14-10(2)16(12)11-6-4-5-7-11/h3,11,13H,1,4-9H2,2H3. The van der Waals surface area contributed by atoms with Crippen molar-refractivity contribution in [1.82, 2.24) is 20.1 Å². The fraction of sp³-hybridized carbons (Fsp3) is 0.667. The van der Waals surface area contributed by atoms with E-state index in [0.717, 1.165) is 24.7 Å². The molecule has 0 spiro atoms. The molecule has 0 saturated heterocycles. The summed E-state index contributed by atoms with van der Waals surface area (Å²) in [5, 5.41) is 11.7.